The van der Waals surface area contributed by atoms with Gasteiger partial charge in [0.05, 0.1) is 11.1 Å². The van der Waals surface area contributed by atoms with E-state index in [4.69, 9.17) is 10.5 Å². The molecular formula is C21H23N5O5S. The van der Waals surface area contributed by atoms with Crippen LogP contribution in [0.5, 0.6) is 0 Å². The van der Waals surface area contributed by atoms with E-state index in [1.807, 2.05) is 0 Å². The summed E-state index contributed by atoms with van der Waals surface area (Å²) in [6.07, 6.45) is 4.87. The van der Waals surface area contributed by atoms with Gasteiger partial charge in [-0.05, 0) is 49.8 Å². The third-order valence-electron chi connectivity index (χ3n) is 5.70. The number of anilines is 1. The Bertz CT molecular complexity index is 1260. The normalized spacial score (nSPS) is 21.2. The zero-order chi connectivity index (χ0) is 22.9. The zero-order valence-electron chi connectivity index (χ0n) is 17.4. The van der Waals surface area contributed by atoms with E-state index in [9.17, 15) is 18.0 Å². The first-order chi connectivity index (χ1) is 15.2. The van der Waals surface area contributed by atoms with Gasteiger partial charge in [-0.1, -0.05) is 25.1 Å². The van der Waals surface area contributed by atoms with E-state index >= 15 is 0 Å². The average molecular weight is 458 g/mol. The van der Waals surface area contributed by atoms with E-state index < -0.39 is 27.5 Å². The van der Waals surface area contributed by atoms with Crippen molar-refractivity contribution in [2.24, 2.45) is 11.7 Å². The minimum absolute atomic E-state index is 0.00464. The molecule has 32 heavy (non-hydrogen) atoms. The largest absolute Gasteiger partial charge is 0.445 e. The molecule has 2 heterocycles. The van der Waals surface area contributed by atoms with Crippen molar-refractivity contribution < 1.29 is 22.7 Å². The first-order valence-corrected chi connectivity index (χ1v) is 11.6. The number of amides is 1. The number of hydrogen-bond donors (Lipinski definition) is 2. The zero-order valence-corrected chi connectivity index (χ0v) is 18.2. The van der Waals surface area contributed by atoms with Crippen LogP contribution in [0, 0.1) is 5.92 Å². The molecule has 3 aromatic rings. The molecule has 0 bridgehead atoms. The summed E-state index contributed by atoms with van der Waals surface area (Å²) in [6.45, 7) is 2.07. The molecule has 0 unspecified atom stereocenters. The molecule has 168 valence electrons. The Morgan fingerprint density at radius 1 is 1.19 bits per heavy atom. The predicted octanol–water partition coefficient (Wildman–Crippen LogP) is 2.12. The van der Waals surface area contributed by atoms with Gasteiger partial charge in [-0.25, -0.2) is 22.7 Å². The number of esters is 1. The number of fused-ring (bicyclic) bond motifs is 1. The fourth-order valence-electron chi connectivity index (χ4n) is 3.73. The molecule has 1 aliphatic carbocycles. The lowest BCUT2D eigenvalue weighted by atomic mass is 9.79. The van der Waals surface area contributed by atoms with E-state index in [-0.39, 0.29) is 21.9 Å². The molecule has 11 heteroatoms. The molecule has 0 saturated heterocycles. The molecule has 10 nitrogen and oxygen atoms in total. The van der Waals surface area contributed by atoms with Crippen LogP contribution in [-0.4, -0.2) is 40.5 Å². The van der Waals surface area contributed by atoms with Gasteiger partial charge in [0.2, 0.25) is 0 Å². The number of aromatic nitrogens is 3. The number of carbonyl (C=O) groups is 2. The molecule has 0 spiro atoms. The second-order valence-electron chi connectivity index (χ2n) is 7.99. The van der Waals surface area contributed by atoms with Gasteiger partial charge in [-0.3, -0.25) is 9.52 Å². The third-order valence-corrected chi connectivity index (χ3v) is 7.07. The molecule has 4 rings (SSSR count). The van der Waals surface area contributed by atoms with E-state index in [0.717, 1.165) is 0 Å². The number of rotatable bonds is 6. The van der Waals surface area contributed by atoms with Crippen molar-refractivity contribution in [1.29, 1.82) is 0 Å². The van der Waals surface area contributed by atoms with Crippen molar-refractivity contribution in [2.45, 2.75) is 43.1 Å². The highest BCUT2D eigenvalue weighted by atomic mass is 32.2. The van der Waals surface area contributed by atoms with Crippen LogP contribution in [0.25, 0.3) is 5.65 Å². The van der Waals surface area contributed by atoms with Crippen molar-refractivity contribution in [3.63, 3.8) is 0 Å². The number of benzene rings is 1. The summed E-state index contributed by atoms with van der Waals surface area (Å²) in [5.41, 5.74) is 4.31. The van der Waals surface area contributed by atoms with Gasteiger partial charge in [0.1, 0.15) is 11.4 Å². The molecule has 1 amide bonds. The summed E-state index contributed by atoms with van der Waals surface area (Å²) in [7, 11) is -3.87. The fraction of sp³-hybridized carbons (Fsp3) is 0.333. The Hall–Kier alpha value is -3.47. The smallest absolute Gasteiger partial charge is 0.344 e. The highest BCUT2D eigenvalue weighted by molar-refractivity contribution is 7.92. The molecule has 0 aliphatic heterocycles. The molecule has 3 N–H and O–H groups in total. The highest BCUT2D eigenvalue weighted by Gasteiger charge is 2.44. The van der Waals surface area contributed by atoms with E-state index in [2.05, 4.69) is 21.7 Å². The number of nitrogens with one attached hydrogen (secondary N) is 1. The molecule has 1 aromatic carbocycles. The van der Waals surface area contributed by atoms with E-state index in [1.165, 1.54) is 35.1 Å². The highest BCUT2D eigenvalue weighted by Crippen LogP contribution is 2.35. The monoisotopic (exact) mass is 457 g/mol. The summed E-state index contributed by atoms with van der Waals surface area (Å²) in [4.78, 5) is 29.4. The van der Waals surface area contributed by atoms with Crippen molar-refractivity contribution in [3.05, 3.63) is 54.4 Å². The number of sulfonamides is 1. The molecular weight excluding hydrogens is 434 g/mol. The maximum Gasteiger partial charge on any atom is 0.344 e. The minimum Gasteiger partial charge on any atom is -0.445 e. The van der Waals surface area contributed by atoms with Crippen molar-refractivity contribution in [1.82, 2.24) is 14.6 Å². The predicted molar refractivity (Wildman–Crippen MR) is 115 cm³/mol. The number of nitrogens with zero attached hydrogens (tertiary/aromatic N) is 3. The number of hydrogen-bond acceptors (Lipinski definition) is 7. The Morgan fingerprint density at radius 2 is 1.88 bits per heavy atom. The quantitative estimate of drug-likeness (QED) is 0.539. The Kier molecular flexibility index (Phi) is 5.59. The topological polar surface area (TPSA) is 146 Å². The number of nitrogens with two attached hydrogens (primary N) is 1. The summed E-state index contributed by atoms with van der Waals surface area (Å²) < 4.78 is 34.5. The summed E-state index contributed by atoms with van der Waals surface area (Å²) in [5, 5.41) is 4.07. The second kappa shape index (κ2) is 8.23. The Balaban J connectivity index is 1.61. The van der Waals surface area contributed by atoms with Crippen molar-refractivity contribution >= 4 is 33.4 Å². The molecule has 1 aliphatic rings. The second-order valence-corrected chi connectivity index (χ2v) is 9.67. The lowest BCUT2D eigenvalue weighted by Gasteiger charge is -2.35. The SMILES string of the molecule is CC1CCC(OC(=O)c2cnn3ccc(NS(=O)(=O)c4ccccc4)nc23)(C(N)=O)CC1. The Labute approximate surface area is 184 Å². The van der Waals surface area contributed by atoms with Crippen LogP contribution in [0.15, 0.2) is 53.7 Å². The van der Waals surface area contributed by atoms with Crippen LogP contribution in [0.2, 0.25) is 0 Å². The maximum atomic E-state index is 12.9. The van der Waals surface area contributed by atoms with Crippen molar-refractivity contribution in [2.75, 3.05) is 4.72 Å². The van der Waals surface area contributed by atoms with Gasteiger partial charge in [0, 0.05) is 6.20 Å². The molecule has 0 radical (unpaired) electrons. The van der Waals surface area contributed by atoms with E-state index in [1.54, 1.807) is 18.2 Å². The van der Waals surface area contributed by atoms with Crippen LogP contribution in [0.3, 0.4) is 0 Å². The van der Waals surface area contributed by atoms with Crippen LogP contribution < -0.4 is 10.5 Å². The van der Waals surface area contributed by atoms with Gasteiger partial charge in [0.25, 0.3) is 15.9 Å². The molecule has 0 atom stereocenters. The van der Waals surface area contributed by atoms with Gasteiger partial charge < -0.3 is 10.5 Å². The molecule has 1 fully saturated rings. The van der Waals surface area contributed by atoms with Gasteiger partial charge in [-0.15, -0.1) is 0 Å². The minimum atomic E-state index is -3.87. The van der Waals surface area contributed by atoms with Crippen LogP contribution >= 0.6 is 0 Å². The average Bonchev–Trinajstić information content (AvgIpc) is 3.19. The standard InChI is InChI=1S/C21H23N5O5S/c1-14-7-10-21(11-8-14,20(22)28)31-19(27)16-13-23-26-12-9-17(24-18(16)26)25-32(29,30)15-5-3-2-4-6-15/h2-6,9,12-14H,7-8,10-11H2,1H3,(H2,22,28)(H,24,25). The molecule has 2 aromatic heterocycles. The van der Waals surface area contributed by atoms with Gasteiger partial charge in [0.15, 0.2) is 11.2 Å². The van der Waals surface area contributed by atoms with Gasteiger partial charge >= 0.3 is 5.97 Å². The fourth-order valence-corrected chi connectivity index (χ4v) is 4.75. The van der Waals surface area contributed by atoms with Crippen molar-refractivity contribution in [3.8, 4) is 0 Å². The summed E-state index contributed by atoms with van der Waals surface area (Å²) >= 11 is 0. The summed E-state index contributed by atoms with van der Waals surface area (Å²) in [6, 6.07) is 9.25. The van der Waals surface area contributed by atoms with Gasteiger partial charge in [-0.2, -0.15) is 5.10 Å². The first kappa shape index (κ1) is 21.8. The summed E-state index contributed by atoms with van der Waals surface area (Å²) in [5.74, 6) is -1.05. The van der Waals surface area contributed by atoms with Crippen LogP contribution in [0.4, 0.5) is 5.82 Å². The third kappa shape index (κ3) is 4.15. The first-order valence-electron chi connectivity index (χ1n) is 10.2. The number of primary amides is 1. The number of carbonyl (C=O) groups excluding carboxylic acids is 2. The van der Waals surface area contributed by atoms with Crippen LogP contribution in [0.1, 0.15) is 43.0 Å². The molecule has 1 saturated carbocycles. The Morgan fingerprint density at radius 3 is 2.53 bits per heavy atom. The van der Waals surface area contributed by atoms with Crippen LogP contribution in [-0.2, 0) is 19.6 Å². The van der Waals surface area contributed by atoms with E-state index in [0.29, 0.717) is 31.6 Å². The lowest BCUT2D eigenvalue weighted by molar-refractivity contribution is -0.141. The number of ether oxygens (including phenoxy) is 1. The lowest BCUT2D eigenvalue weighted by Crippen LogP contribution is -2.49. The maximum absolute atomic E-state index is 12.9.